The van der Waals surface area contributed by atoms with Crippen LogP contribution < -0.4 is 4.74 Å². The number of hydrogen-bond donors (Lipinski definition) is 0. The molecular weight excluding hydrogens is 306 g/mol. The molecule has 0 unspecified atom stereocenters. The van der Waals surface area contributed by atoms with Crippen molar-refractivity contribution in [3.05, 3.63) is 46.0 Å². The van der Waals surface area contributed by atoms with Crippen LogP contribution in [0.4, 0.5) is 5.69 Å². The number of hydrogen-bond acceptors (Lipinski definition) is 5. The van der Waals surface area contributed by atoms with Gasteiger partial charge in [-0.2, -0.15) is 0 Å². The molecule has 1 heterocycles. The Bertz CT molecular complexity index is 684. The second-order valence-electron chi connectivity index (χ2n) is 4.75. The van der Waals surface area contributed by atoms with Gasteiger partial charge in [0.1, 0.15) is 0 Å². The average molecular weight is 321 g/mol. The number of ether oxygens (including phenoxy) is 1. The Hall–Kier alpha value is -1.40. The van der Waals surface area contributed by atoms with E-state index in [0.29, 0.717) is 15.7 Å². The van der Waals surface area contributed by atoms with Gasteiger partial charge < -0.3 is 4.74 Å². The number of thioether (sulfide) groups is 2. The van der Waals surface area contributed by atoms with E-state index in [1.807, 2.05) is 47.8 Å². The zero-order valence-corrected chi connectivity index (χ0v) is 13.2. The van der Waals surface area contributed by atoms with Crippen molar-refractivity contribution in [2.24, 2.45) is 0 Å². The van der Waals surface area contributed by atoms with Crippen LogP contribution >= 0.6 is 23.5 Å². The van der Waals surface area contributed by atoms with Gasteiger partial charge in [0.15, 0.2) is 5.75 Å². The van der Waals surface area contributed by atoms with Gasteiger partial charge in [0.25, 0.3) is 0 Å². The molecule has 0 amide bonds. The minimum absolute atomic E-state index is 0.0580. The first-order valence-electron chi connectivity index (χ1n) is 6.69. The van der Waals surface area contributed by atoms with Crippen LogP contribution in [0.15, 0.2) is 30.3 Å². The molecule has 21 heavy (non-hydrogen) atoms. The van der Waals surface area contributed by atoms with E-state index < -0.39 is 0 Å². The molecule has 6 heteroatoms. The van der Waals surface area contributed by atoms with E-state index in [0.717, 1.165) is 22.5 Å². The highest BCUT2D eigenvalue weighted by molar-refractivity contribution is 8.16. The van der Waals surface area contributed by atoms with Gasteiger partial charge in [-0.3, -0.25) is 10.1 Å². The van der Waals surface area contributed by atoms with E-state index in [4.69, 9.17) is 4.74 Å². The predicted octanol–water partition coefficient (Wildman–Crippen LogP) is 4.63. The highest BCUT2D eigenvalue weighted by Crippen LogP contribution is 2.49. The van der Waals surface area contributed by atoms with Crippen molar-refractivity contribution in [1.29, 1.82) is 0 Å². The van der Waals surface area contributed by atoms with Gasteiger partial charge >= 0.3 is 5.69 Å². The lowest BCUT2D eigenvalue weighted by molar-refractivity contribution is -0.383. The molecule has 0 bridgehead atoms. The molecule has 1 aliphatic heterocycles. The summed E-state index contributed by atoms with van der Waals surface area (Å²) in [5, 5.41) is 13.0. The summed E-state index contributed by atoms with van der Waals surface area (Å²) >= 11 is 3.80. The molecule has 0 aliphatic carbocycles. The molecule has 0 radical (unpaired) electrons. The van der Waals surface area contributed by atoms with Gasteiger partial charge in [0.2, 0.25) is 0 Å². The van der Waals surface area contributed by atoms with Gasteiger partial charge in [-0.05, 0) is 41.0 Å². The third kappa shape index (κ3) is 2.70. The van der Waals surface area contributed by atoms with Crippen molar-refractivity contribution in [2.45, 2.75) is 11.0 Å². The smallest absolute Gasteiger partial charge is 0.318 e. The second-order valence-corrected chi connectivity index (χ2v) is 7.47. The quantitative estimate of drug-likeness (QED) is 0.609. The first-order valence-corrected chi connectivity index (χ1v) is 8.79. The molecule has 4 nitrogen and oxygen atoms in total. The van der Waals surface area contributed by atoms with E-state index in [2.05, 4.69) is 0 Å². The predicted molar refractivity (Wildman–Crippen MR) is 89.4 cm³/mol. The second kappa shape index (κ2) is 6.15. The van der Waals surface area contributed by atoms with Gasteiger partial charge in [-0.25, -0.2) is 0 Å². The maximum atomic E-state index is 11.4. The lowest BCUT2D eigenvalue weighted by Gasteiger charge is -2.23. The number of fused-ring (bicyclic) bond motifs is 1. The monoisotopic (exact) mass is 321 g/mol. The Morgan fingerprint density at radius 2 is 1.90 bits per heavy atom. The largest absolute Gasteiger partial charge is 0.490 e. The van der Waals surface area contributed by atoms with E-state index >= 15 is 0 Å². The molecule has 3 rings (SSSR count). The maximum Gasteiger partial charge on any atom is 0.318 e. The molecule has 1 saturated heterocycles. The minimum atomic E-state index is -0.355. The Morgan fingerprint density at radius 1 is 1.24 bits per heavy atom. The molecule has 110 valence electrons. The van der Waals surface area contributed by atoms with Gasteiger partial charge in [-0.15, -0.1) is 23.5 Å². The van der Waals surface area contributed by atoms with Crippen molar-refractivity contribution in [2.75, 3.05) is 18.6 Å². The summed E-state index contributed by atoms with van der Waals surface area (Å²) in [5.41, 5.74) is 1.19. The molecule has 1 fully saturated rings. The fourth-order valence-electron chi connectivity index (χ4n) is 2.57. The van der Waals surface area contributed by atoms with Gasteiger partial charge in [0.05, 0.1) is 22.0 Å². The Morgan fingerprint density at radius 3 is 2.52 bits per heavy atom. The molecule has 0 aromatic heterocycles. The van der Waals surface area contributed by atoms with E-state index in [1.165, 1.54) is 13.5 Å². The average Bonchev–Trinajstić information content (AvgIpc) is 2.53. The first kappa shape index (κ1) is 14.5. The Balaban J connectivity index is 2.25. The first-order chi connectivity index (χ1) is 10.2. The highest BCUT2D eigenvalue weighted by Gasteiger charge is 2.26. The molecule has 0 saturated carbocycles. The summed E-state index contributed by atoms with van der Waals surface area (Å²) in [6.07, 6.45) is 1.22. The summed E-state index contributed by atoms with van der Waals surface area (Å²) in [6, 6.07) is 9.38. The molecular formula is C15H15NO3S2. The van der Waals surface area contributed by atoms with Crippen LogP contribution in [-0.2, 0) is 0 Å². The molecule has 0 N–H and O–H groups in total. The number of nitrogens with zero attached hydrogens (tertiary/aromatic N) is 1. The molecule has 0 atom stereocenters. The van der Waals surface area contributed by atoms with E-state index in [-0.39, 0.29) is 10.6 Å². The van der Waals surface area contributed by atoms with Crippen molar-refractivity contribution < 1.29 is 9.66 Å². The lowest BCUT2D eigenvalue weighted by atomic mass is 10.0. The topological polar surface area (TPSA) is 52.4 Å². The summed E-state index contributed by atoms with van der Waals surface area (Å²) in [6.45, 7) is 0. The van der Waals surface area contributed by atoms with Crippen molar-refractivity contribution in [3.8, 4) is 5.75 Å². The van der Waals surface area contributed by atoms with Gasteiger partial charge in [-0.1, -0.05) is 18.2 Å². The highest BCUT2D eigenvalue weighted by atomic mass is 32.2. The van der Waals surface area contributed by atoms with E-state index in [9.17, 15) is 10.1 Å². The minimum Gasteiger partial charge on any atom is -0.490 e. The summed E-state index contributed by atoms with van der Waals surface area (Å²) in [4.78, 5) is 11.0. The van der Waals surface area contributed by atoms with Crippen LogP contribution in [0.25, 0.3) is 10.8 Å². The third-order valence-corrected chi connectivity index (χ3v) is 6.48. The number of nitro benzene ring substituents is 1. The van der Waals surface area contributed by atoms with Crippen molar-refractivity contribution in [1.82, 2.24) is 0 Å². The molecule has 2 aromatic rings. The molecule has 0 spiro atoms. The van der Waals surface area contributed by atoms with Crippen molar-refractivity contribution in [3.63, 3.8) is 0 Å². The summed E-state index contributed by atoms with van der Waals surface area (Å²) in [7, 11) is 1.49. The fourth-order valence-corrected chi connectivity index (χ4v) is 5.51. The summed E-state index contributed by atoms with van der Waals surface area (Å²) in [5.74, 6) is 2.61. The van der Waals surface area contributed by atoms with E-state index in [1.54, 1.807) is 6.07 Å². The van der Waals surface area contributed by atoms with Crippen LogP contribution in [0.5, 0.6) is 5.75 Å². The maximum absolute atomic E-state index is 11.4. The summed E-state index contributed by atoms with van der Waals surface area (Å²) < 4.78 is 5.60. The standard InChI is InChI=1S/C15H15NO3S2/c1-19-13-9-12(15-20-7-4-8-21-15)10-5-2-3-6-11(10)14(13)16(17)18/h2-3,5-6,9,15H,4,7-8H2,1H3. The molecule has 1 aliphatic rings. The Labute approximate surface area is 131 Å². The number of nitro groups is 1. The van der Waals surface area contributed by atoms with Crippen LogP contribution in [0.3, 0.4) is 0 Å². The van der Waals surface area contributed by atoms with Crippen LogP contribution in [-0.4, -0.2) is 23.5 Å². The Kier molecular flexibility index (Phi) is 4.26. The SMILES string of the molecule is COc1cc(C2SCCCS2)c2ccccc2c1[N+](=O)[O-]. The number of benzene rings is 2. The van der Waals surface area contributed by atoms with Crippen LogP contribution in [0.1, 0.15) is 16.6 Å². The molecule has 2 aromatic carbocycles. The van der Waals surface area contributed by atoms with Crippen LogP contribution in [0.2, 0.25) is 0 Å². The lowest BCUT2D eigenvalue weighted by Crippen LogP contribution is -2.03. The zero-order chi connectivity index (χ0) is 14.8. The normalized spacial score (nSPS) is 16.0. The zero-order valence-electron chi connectivity index (χ0n) is 11.6. The fraction of sp³-hybridized carbons (Fsp3) is 0.333. The third-order valence-electron chi connectivity index (χ3n) is 3.50. The van der Waals surface area contributed by atoms with Crippen LogP contribution in [0, 0.1) is 10.1 Å². The number of rotatable bonds is 3. The van der Waals surface area contributed by atoms with Gasteiger partial charge in [0, 0.05) is 0 Å². The number of methoxy groups -OCH3 is 1. The van der Waals surface area contributed by atoms with Crippen molar-refractivity contribution >= 4 is 40.0 Å².